The summed E-state index contributed by atoms with van der Waals surface area (Å²) < 4.78 is 0. The molecule has 0 aromatic heterocycles. The van der Waals surface area contributed by atoms with E-state index < -0.39 is 11.4 Å². The zero-order valence-electron chi connectivity index (χ0n) is 14.7. The van der Waals surface area contributed by atoms with E-state index in [4.69, 9.17) is 0 Å². The van der Waals surface area contributed by atoms with Gasteiger partial charge in [0.15, 0.2) is 0 Å². The molecule has 0 saturated carbocycles. The predicted molar refractivity (Wildman–Crippen MR) is 94.1 cm³/mol. The lowest BCUT2D eigenvalue weighted by molar-refractivity contribution is -0.148. The summed E-state index contributed by atoms with van der Waals surface area (Å²) in [5.74, 6) is -0.874. The lowest BCUT2D eigenvalue weighted by atomic mass is 9.73. The first-order chi connectivity index (χ1) is 12.0. The second kappa shape index (κ2) is 8.65. The summed E-state index contributed by atoms with van der Waals surface area (Å²) in [4.78, 5) is 37.4. The van der Waals surface area contributed by atoms with Crippen LogP contribution in [0.4, 0.5) is 0 Å². The summed E-state index contributed by atoms with van der Waals surface area (Å²) in [6.07, 6.45) is 2.01. The Morgan fingerprint density at radius 3 is 2.32 bits per heavy atom. The number of piperidine rings is 1. The Labute approximate surface area is 148 Å². The van der Waals surface area contributed by atoms with Gasteiger partial charge in [-0.3, -0.25) is 14.4 Å². The summed E-state index contributed by atoms with van der Waals surface area (Å²) in [5.41, 5.74) is -0.121. The van der Waals surface area contributed by atoms with Crippen LogP contribution in [0.3, 0.4) is 0 Å². The van der Waals surface area contributed by atoms with Gasteiger partial charge in [-0.15, -0.1) is 0 Å². The van der Waals surface area contributed by atoms with Crippen LogP contribution < -0.4 is 5.32 Å². The van der Waals surface area contributed by atoms with Crippen molar-refractivity contribution in [3.05, 3.63) is 35.9 Å². The third-order valence-corrected chi connectivity index (χ3v) is 4.87. The first-order valence-electron chi connectivity index (χ1n) is 8.83. The van der Waals surface area contributed by atoms with E-state index >= 15 is 0 Å². The van der Waals surface area contributed by atoms with E-state index in [2.05, 4.69) is 5.32 Å². The number of hydrogen-bond donors (Lipinski definition) is 2. The number of carboxylic acids is 1. The third-order valence-electron chi connectivity index (χ3n) is 4.87. The molecule has 1 fully saturated rings. The van der Waals surface area contributed by atoms with Gasteiger partial charge in [0.05, 0.1) is 5.41 Å². The van der Waals surface area contributed by atoms with Crippen LogP contribution in [0.1, 0.15) is 44.6 Å². The minimum Gasteiger partial charge on any atom is -0.481 e. The van der Waals surface area contributed by atoms with Gasteiger partial charge in [0.1, 0.15) is 0 Å². The van der Waals surface area contributed by atoms with E-state index in [9.17, 15) is 19.5 Å². The molecule has 6 heteroatoms. The highest BCUT2D eigenvalue weighted by atomic mass is 16.4. The summed E-state index contributed by atoms with van der Waals surface area (Å²) in [6, 6.07) is 9.25. The first kappa shape index (κ1) is 19.0. The molecule has 6 nitrogen and oxygen atoms in total. The Morgan fingerprint density at radius 1 is 1.12 bits per heavy atom. The van der Waals surface area contributed by atoms with Gasteiger partial charge >= 0.3 is 5.97 Å². The molecule has 2 rings (SSSR count). The highest BCUT2D eigenvalue weighted by Gasteiger charge is 2.43. The Morgan fingerprint density at radius 2 is 1.76 bits per heavy atom. The summed E-state index contributed by atoms with van der Waals surface area (Å²) >= 11 is 0. The molecule has 0 spiro atoms. The number of rotatable bonds is 7. The average Bonchev–Trinajstić information content (AvgIpc) is 2.62. The van der Waals surface area contributed by atoms with E-state index in [0.29, 0.717) is 51.7 Å². The minimum atomic E-state index is -0.918. The summed E-state index contributed by atoms with van der Waals surface area (Å²) in [5, 5.41) is 12.5. The second-order valence-electron chi connectivity index (χ2n) is 6.44. The maximum absolute atomic E-state index is 12.3. The van der Waals surface area contributed by atoms with Crippen LogP contribution in [0, 0.1) is 0 Å². The lowest BCUT2D eigenvalue weighted by Crippen LogP contribution is -2.49. The molecule has 25 heavy (non-hydrogen) atoms. The maximum atomic E-state index is 12.3. The highest BCUT2D eigenvalue weighted by Crippen LogP contribution is 2.36. The number of carboxylic acid groups (broad SMARTS) is 1. The Hall–Kier alpha value is -2.37. The lowest BCUT2D eigenvalue weighted by Gasteiger charge is -2.39. The van der Waals surface area contributed by atoms with Gasteiger partial charge in [0.2, 0.25) is 11.8 Å². The van der Waals surface area contributed by atoms with Gasteiger partial charge in [0.25, 0.3) is 0 Å². The SMILES string of the molecule is CCNC(=O)CCCC(=O)N1CCC(C(=O)O)(c2ccccc2)CC1. The molecule has 1 heterocycles. The normalized spacial score (nSPS) is 16.3. The molecule has 1 aliphatic heterocycles. The Bertz CT molecular complexity index is 607. The fraction of sp³-hybridized carbons (Fsp3) is 0.526. The standard InChI is InChI=1S/C19H26N2O4/c1-2-20-16(22)9-6-10-17(23)21-13-11-19(12-14-21,18(24)25)15-7-4-3-5-8-15/h3-5,7-8H,2,6,9-14H2,1H3,(H,20,22)(H,24,25). The van der Waals surface area contributed by atoms with Gasteiger partial charge in [-0.25, -0.2) is 0 Å². The molecule has 0 radical (unpaired) electrons. The van der Waals surface area contributed by atoms with Crippen LogP contribution in [0.15, 0.2) is 30.3 Å². The molecule has 136 valence electrons. The highest BCUT2D eigenvalue weighted by molar-refractivity contribution is 5.83. The molecule has 2 amide bonds. The summed E-state index contributed by atoms with van der Waals surface area (Å²) in [6.45, 7) is 3.32. The fourth-order valence-corrected chi connectivity index (χ4v) is 3.36. The van der Waals surface area contributed by atoms with Crippen molar-refractivity contribution in [2.75, 3.05) is 19.6 Å². The first-order valence-corrected chi connectivity index (χ1v) is 8.83. The number of carbonyl (C=O) groups excluding carboxylic acids is 2. The van der Waals surface area contributed by atoms with Crippen molar-refractivity contribution in [1.82, 2.24) is 10.2 Å². The van der Waals surface area contributed by atoms with Crippen molar-refractivity contribution in [3.63, 3.8) is 0 Å². The van der Waals surface area contributed by atoms with E-state index in [1.54, 1.807) is 4.90 Å². The van der Waals surface area contributed by atoms with Gasteiger partial charge in [-0.1, -0.05) is 30.3 Å². The minimum absolute atomic E-state index is 0.00338. The predicted octanol–water partition coefficient (Wildman–Crippen LogP) is 1.94. The molecule has 0 unspecified atom stereocenters. The number of aliphatic carboxylic acids is 1. The number of nitrogens with one attached hydrogen (secondary N) is 1. The fourth-order valence-electron chi connectivity index (χ4n) is 3.36. The number of carbonyl (C=O) groups is 3. The van der Waals surface area contributed by atoms with Gasteiger partial charge in [0, 0.05) is 32.5 Å². The Balaban J connectivity index is 1.90. The monoisotopic (exact) mass is 346 g/mol. The Kier molecular flexibility index (Phi) is 6.56. The quantitative estimate of drug-likeness (QED) is 0.790. The number of benzene rings is 1. The zero-order valence-corrected chi connectivity index (χ0v) is 14.7. The van der Waals surface area contributed by atoms with Crippen LogP contribution in [-0.2, 0) is 19.8 Å². The van der Waals surface area contributed by atoms with Crippen molar-refractivity contribution in [2.45, 2.75) is 44.4 Å². The molecular formula is C19H26N2O4. The van der Waals surface area contributed by atoms with Crippen molar-refractivity contribution >= 4 is 17.8 Å². The number of likely N-dealkylation sites (tertiary alicyclic amines) is 1. The summed E-state index contributed by atoms with van der Waals surface area (Å²) in [7, 11) is 0. The molecule has 0 bridgehead atoms. The van der Waals surface area contributed by atoms with Crippen LogP contribution in [-0.4, -0.2) is 47.4 Å². The van der Waals surface area contributed by atoms with Crippen LogP contribution in [0.25, 0.3) is 0 Å². The largest absolute Gasteiger partial charge is 0.481 e. The molecule has 1 aromatic rings. The second-order valence-corrected chi connectivity index (χ2v) is 6.44. The van der Waals surface area contributed by atoms with Crippen LogP contribution in [0.5, 0.6) is 0 Å². The molecule has 1 aromatic carbocycles. The zero-order chi connectivity index (χ0) is 18.3. The van der Waals surface area contributed by atoms with Crippen molar-refractivity contribution < 1.29 is 19.5 Å². The molecule has 1 aliphatic rings. The molecule has 0 atom stereocenters. The van der Waals surface area contributed by atoms with Gasteiger partial charge < -0.3 is 15.3 Å². The van der Waals surface area contributed by atoms with Crippen molar-refractivity contribution in [2.24, 2.45) is 0 Å². The van der Waals surface area contributed by atoms with Crippen LogP contribution in [0.2, 0.25) is 0 Å². The molecule has 2 N–H and O–H groups in total. The van der Waals surface area contributed by atoms with Crippen molar-refractivity contribution in [3.8, 4) is 0 Å². The van der Waals surface area contributed by atoms with Crippen LogP contribution >= 0.6 is 0 Å². The van der Waals surface area contributed by atoms with Gasteiger partial charge in [-0.05, 0) is 31.7 Å². The number of hydrogen-bond acceptors (Lipinski definition) is 3. The molecular weight excluding hydrogens is 320 g/mol. The van der Waals surface area contributed by atoms with E-state index in [1.807, 2.05) is 37.3 Å². The van der Waals surface area contributed by atoms with E-state index in [1.165, 1.54) is 0 Å². The molecule has 1 saturated heterocycles. The van der Waals surface area contributed by atoms with E-state index in [-0.39, 0.29) is 11.8 Å². The van der Waals surface area contributed by atoms with Gasteiger partial charge in [-0.2, -0.15) is 0 Å². The molecule has 0 aliphatic carbocycles. The third kappa shape index (κ3) is 4.59. The number of nitrogens with zero attached hydrogens (tertiary/aromatic N) is 1. The number of amides is 2. The average molecular weight is 346 g/mol. The van der Waals surface area contributed by atoms with Crippen molar-refractivity contribution in [1.29, 1.82) is 0 Å². The van der Waals surface area contributed by atoms with E-state index in [0.717, 1.165) is 5.56 Å². The topological polar surface area (TPSA) is 86.7 Å². The smallest absolute Gasteiger partial charge is 0.314 e. The maximum Gasteiger partial charge on any atom is 0.314 e.